The molecule has 0 aromatic rings. The van der Waals surface area contributed by atoms with Crippen LogP contribution in [0.15, 0.2) is 0 Å². The van der Waals surface area contributed by atoms with E-state index >= 15 is 0 Å². The number of carbonyl (C=O) groups is 3. The third-order valence-corrected chi connectivity index (χ3v) is 0.743. The number of carbonyl (C=O) groups excluding carboxylic acids is 3. The van der Waals surface area contributed by atoms with Gasteiger partial charge in [-0.25, -0.2) is 0 Å². The second-order valence-corrected chi connectivity index (χ2v) is 2.32. The molecule has 0 bridgehead atoms. The van der Waals surface area contributed by atoms with Crippen molar-refractivity contribution in [3.8, 4) is 0 Å². The van der Waals surface area contributed by atoms with Gasteiger partial charge in [-0.05, 0) is 20.3 Å². The van der Waals surface area contributed by atoms with Crippen molar-refractivity contribution in [2.24, 2.45) is 5.73 Å². The van der Waals surface area contributed by atoms with Crippen molar-refractivity contribution >= 4 is 17.9 Å². The Bertz CT molecular complexity index is 195. The van der Waals surface area contributed by atoms with E-state index in [1.165, 1.54) is 0 Å². The number of rotatable bonds is 2. The van der Waals surface area contributed by atoms with Crippen molar-refractivity contribution in [3.63, 3.8) is 0 Å². The van der Waals surface area contributed by atoms with Crippen LogP contribution in [0.5, 0.6) is 0 Å². The van der Waals surface area contributed by atoms with Crippen LogP contribution in [0, 0.1) is 0 Å². The molecule has 18 heavy (non-hydrogen) atoms. The van der Waals surface area contributed by atoms with Gasteiger partial charge in [0.2, 0.25) is 0 Å². The largest absolute Gasteiger partial charge is 1.00 e. The van der Waals surface area contributed by atoms with E-state index in [4.69, 9.17) is 25.5 Å². The fourth-order valence-corrected chi connectivity index (χ4v) is 0.167. The molecule has 0 saturated carbocycles. The van der Waals surface area contributed by atoms with Gasteiger partial charge >= 0.3 is 88.7 Å². The van der Waals surface area contributed by atoms with E-state index in [0.29, 0.717) is 6.42 Å². The summed E-state index contributed by atoms with van der Waals surface area (Å²) in [4.78, 5) is 27.5. The van der Waals surface area contributed by atoms with E-state index < -0.39 is 23.9 Å². The smallest absolute Gasteiger partial charge is 0.550 e. The maximum Gasteiger partial charge on any atom is 1.00 e. The van der Waals surface area contributed by atoms with Crippen LogP contribution in [0.1, 0.15) is 27.2 Å². The molecule has 2 N–H and O–H groups in total. The number of carboxylic acids is 3. The third kappa shape index (κ3) is 85.7. The quantitative estimate of drug-likeness (QED) is 0.496. The molecule has 0 rings (SSSR count). The summed E-state index contributed by atoms with van der Waals surface area (Å²) < 4.78 is 0. The number of nitrogens with two attached hydrogens (primary N) is 1. The van der Waals surface area contributed by atoms with Crippen molar-refractivity contribution in [1.82, 2.24) is 0 Å². The van der Waals surface area contributed by atoms with Gasteiger partial charge in [-0.1, -0.05) is 6.92 Å². The molecule has 0 amide bonds. The molecule has 10 heteroatoms. The van der Waals surface area contributed by atoms with Crippen molar-refractivity contribution < 1.29 is 118 Å². The minimum absolute atomic E-state index is 0. The Kier molecular flexibility index (Phi) is 54.5. The predicted octanol–water partition coefficient (Wildman–Crippen LogP) is -13.0. The van der Waals surface area contributed by atoms with Gasteiger partial charge < -0.3 is 35.4 Å². The normalized spacial score (nSPS) is 8.00. The summed E-state index contributed by atoms with van der Waals surface area (Å²) in [6.45, 7) is 3.64. The van der Waals surface area contributed by atoms with Crippen LogP contribution >= 0.6 is 0 Å². The van der Waals surface area contributed by atoms with Crippen molar-refractivity contribution in [3.05, 3.63) is 0 Å². The molecule has 0 radical (unpaired) electrons. The molecular formula is C8H14NNa3O6. The molecule has 1 atom stereocenters. The standard InChI is InChI=1S/C4H9NO2.2C2H4O2.3Na/c1-2-3(5)4(6)7;2*1-2(3)4;;;/h3H,2,5H2,1H3,(H,6,7);2*1H3,(H,3,4);;;/q;;;3*+1/p-3. The summed E-state index contributed by atoms with van der Waals surface area (Å²) in [5.74, 6) is -3.34. The molecule has 0 heterocycles. The summed E-state index contributed by atoms with van der Waals surface area (Å²) in [5, 5.41) is 27.5. The van der Waals surface area contributed by atoms with Gasteiger partial charge in [0.15, 0.2) is 0 Å². The second kappa shape index (κ2) is 26.8. The van der Waals surface area contributed by atoms with Crippen molar-refractivity contribution in [2.45, 2.75) is 33.2 Å². The molecule has 0 fully saturated rings. The molecule has 0 aliphatic carbocycles. The monoisotopic (exact) mass is 289 g/mol. The number of carboxylic acid groups (broad SMARTS) is 3. The minimum Gasteiger partial charge on any atom is -0.550 e. The van der Waals surface area contributed by atoms with Gasteiger partial charge in [-0.15, -0.1) is 0 Å². The number of hydrogen-bond acceptors (Lipinski definition) is 7. The van der Waals surface area contributed by atoms with Gasteiger partial charge in [0.05, 0.1) is 5.97 Å². The third-order valence-electron chi connectivity index (χ3n) is 0.743. The van der Waals surface area contributed by atoms with Gasteiger partial charge in [-0.2, -0.15) is 0 Å². The molecule has 0 spiro atoms. The Morgan fingerprint density at radius 3 is 1.11 bits per heavy atom. The van der Waals surface area contributed by atoms with Crippen LogP contribution < -0.4 is 110 Å². The number of hydrogen-bond donors (Lipinski definition) is 1. The Hall–Kier alpha value is 1.37. The first-order valence-electron chi connectivity index (χ1n) is 3.96. The Morgan fingerprint density at radius 1 is 0.944 bits per heavy atom. The average molecular weight is 289 g/mol. The fraction of sp³-hybridized carbons (Fsp3) is 0.625. The van der Waals surface area contributed by atoms with Gasteiger partial charge in [0.1, 0.15) is 0 Å². The van der Waals surface area contributed by atoms with Crippen molar-refractivity contribution in [2.75, 3.05) is 0 Å². The topological polar surface area (TPSA) is 146 Å². The summed E-state index contributed by atoms with van der Waals surface area (Å²) >= 11 is 0. The van der Waals surface area contributed by atoms with Gasteiger partial charge in [-0.3, -0.25) is 0 Å². The van der Waals surface area contributed by atoms with Crippen LogP contribution in [-0.4, -0.2) is 23.9 Å². The summed E-state index contributed by atoms with van der Waals surface area (Å²) in [6.07, 6.45) is 0.433. The van der Waals surface area contributed by atoms with E-state index in [1.807, 2.05) is 0 Å². The van der Waals surface area contributed by atoms with Crippen molar-refractivity contribution in [1.29, 1.82) is 0 Å². The fourth-order valence-electron chi connectivity index (χ4n) is 0.167. The Labute approximate surface area is 173 Å². The average Bonchev–Trinajstić information content (AvgIpc) is 2.00. The molecular weight excluding hydrogens is 275 g/mol. The molecule has 0 saturated heterocycles. The van der Waals surface area contributed by atoms with Gasteiger partial charge in [0, 0.05) is 18.0 Å². The summed E-state index contributed by atoms with van der Waals surface area (Å²) in [5.41, 5.74) is 4.95. The van der Waals surface area contributed by atoms with E-state index in [0.717, 1.165) is 13.8 Å². The van der Waals surface area contributed by atoms with Crippen LogP contribution in [0.25, 0.3) is 0 Å². The Morgan fingerprint density at radius 2 is 1.11 bits per heavy atom. The van der Waals surface area contributed by atoms with E-state index in [2.05, 4.69) is 0 Å². The summed E-state index contributed by atoms with van der Waals surface area (Å²) in [7, 11) is 0. The van der Waals surface area contributed by atoms with Crippen LogP contribution in [0.3, 0.4) is 0 Å². The van der Waals surface area contributed by atoms with Crippen LogP contribution in [0.2, 0.25) is 0 Å². The van der Waals surface area contributed by atoms with E-state index in [9.17, 15) is 9.90 Å². The molecule has 0 aliphatic rings. The molecule has 0 aliphatic heterocycles. The predicted molar refractivity (Wildman–Crippen MR) is 44.6 cm³/mol. The maximum absolute atomic E-state index is 9.69. The second-order valence-electron chi connectivity index (χ2n) is 2.32. The molecule has 0 aromatic heterocycles. The SMILES string of the molecule is CC(=O)[O-].CC(=O)[O-].CCC(N)C(=O)[O-].[Na+].[Na+].[Na+]. The zero-order valence-corrected chi connectivity index (χ0v) is 17.8. The number of aliphatic carboxylic acids is 3. The molecule has 7 nitrogen and oxygen atoms in total. The van der Waals surface area contributed by atoms with Gasteiger partial charge in [0.25, 0.3) is 0 Å². The molecule has 0 aromatic carbocycles. The van der Waals surface area contributed by atoms with Crippen LogP contribution in [-0.2, 0) is 14.4 Å². The molecule has 90 valence electrons. The zero-order chi connectivity index (χ0) is 13.0. The maximum atomic E-state index is 9.69. The van der Waals surface area contributed by atoms with E-state index in [-0.39, 0.29) is 88.7 Å². The first-order chi connectivity index (χ1) is 6.64. The first kappa shape index (κ1) is 36.6. The van der Waals surface area contributed by atoms with E-state index in [1.54, 1.807) is 6.92 Å². The summed E-state index contributed by atoms with van der Waals surface area (Å²) in [6, 6.07) is -0.792. The first-order valence-corrected chi connectivity index (χ1v) is 3.96. The Balaban J connectivity index is -0.0000000292. The minimum atomic E-state index is -1.18. The zero-order valence-electron chi connectivity index (χ0n) is 11.8. The molecule has 1 unspecified atom stereocenters. The van der Waals surface area contributed by atoms with Crippen LogP contribution in [0.4, 0.5) is 0 Å².